The Hall–Kier alpha value is -1.89. The molecule has 0 fully saturated rings. The summed E-state index contributed by atoms with van der Waals surface area (Å²) in [6.07, 6.45) is -7.98. The molecule has 0 saturated heterocycles. The van der Waals surface area contributed by atoms with E-state index in [-0.39, 0.29) is 11.1 Å². The number of ether oxygens (including phenoxy) is 1. The topological polar surface area (TPSA) is 9.23 Å². The molecular weight excluding hydrogens is 334 g/mol. The standard InChI is InChI=1S/C14H7ClF6O/c15-10-5-8(11(16)6-9(10)13(17)18)7-3-1-2-4-12(7)22-14(19,20)21/h1-6,13H. The molecule has 0 amide bonds. The highest BCUT2D eigenvalue weighted by atomic mass is 35.5. The molecule has 22 heavy (non-hydrogen) atoms. The Morgan fingerprint density at radius 3 is 2.23 bits per heavy atom. The first-order valence-electron chi connectivity index (χ1n) is 5.81. The average molecular weight is 341 g/mol. The van der Waals surface area contributed by atoms with E-state index in [0.717, 1.165) is 18.2 Å². The van der Waals surface area contributed by atoms with E-state index in [1.807, 2.05) is 0 Å². The van der Waals surface area contributed by atoms with Gasteiger partial charge in [-0.25, -0.2) is 13.2 Å². The van der Waals surface area contributed by atoms with Gasteiger partial charge in [0.15, 0.2) is 0 Å². The minimum absolute atomic E-state index is 0.250. The number of para-hydroxylation sites is 1. The average Bonchev–Trinajstić information content (AvgIpc) is 2.39. The normalized spacial score (nSPS) is 11.8. The Kier molecular flexibility index (Phi) is 4.55. The Bertz CT molecular complexity index is 684. The summed E-state index contributed by atoms with van der Waals surface area (Å²) in [4.78, 5) is 0. The second-order valence-corrected chi connectivity index (χ2v) is 4.61. The second-order valence-electron chi connectivity index (χ2n) is 4.20. The summed E-state index contributed by atoms with van der Waals surface area (Å²) in [6, 6.07) is 6.10. The van der Waals surface area contributed by atoms with E-state index in [2.05, 4.69) is 4.74 Å². The van der Waals surface area contributed by atoms with Gasteiger partial charge in [-0.1, -0.05) is 29.8 Å². The highest BCUT2D eigenvalue weighted by Crippen LogP contribution is 2.38. The molecular formula is C14H7ClF6O. The van der Waals surface area contributed by atoms with Gasteiger partial charge in [0.1, 0.15) is 11.6 Å². The maximum atomic E-state index is 14.0. The lowest BCUT2D eigenvalue weighted by Crippen LogP contribution is -2.17. The first-order valence-corrected chi connectivity index (χ1v) is 6.19. The Morgan fingerprint density at radius 1 is 1.00 bits per heavy atom. The quantitative estimate of drug-likeness (QED) is 0.624. The molecule has 0 aromatic heterocycles. The third-order valence-electron chi connectivity index (χ3n) is 2.72. The van der Waals surface area contributed by atoms with E-state index in [1.54, 1.807) is 0 Å². The van der Waals surface area contributed by atoms with Crippen molar-refractivity contribution in [1.82, 2.24) is 0 Å². The third kappa shape index (κ3) is 3.65. The fraction of sp³-hybridized carbons (Fsp3) is 0.143. The van der Waals surface area contributed by atoms with Crippen molar-refractivity contribution in [1.29, 1.82) is 0 Å². The molecule has 0 aliphatic carbocycles. The molecule has 0 N–H and O–H groups in total. The minimum atomic E-state index is -4.97. The first-order chi connectivity index (χ1) is 10.2. The summed E-state index contributed by atoms with van der Waals surface area (Å²) in [5.41, 5.74) is -1.36. The van der Waals surface area contributed by atoms with Crippen molar-refractivity contribution in [3.63, 3.8) is 0 Å². The summed E-state index contributed by atoms with van der Waals surface area (Å²) in [5, 5.41) is -0.451. The van der Waals surface area contributed by atoms with Gasteiger partial charge in [-0.2, -0.15) is 0 Å². The molecule has 2 aromatic rings. The number of benzene rings is 2. The molecule has 2 aromatic carbocycles. The van der Waals surface area contributed by atoms with Crippen LogP contribution < -0.4 is 4.74 Å². The molecule has 118 valence electrons. The molecule has 2 rings (SSSR count). The van der Waals surface area contributed by atoms with Crippen LogP contribution in [0, 0.1) is 5.82 Å². The highest BCUT2D eigenvalue weighted by Gasteiger charge is 2.32. The first kappa shape index (κ1) is 16.5. The van der Waals surface area contributed by atoms with Crippen molar-refractivity contribution in [2.24, 2.45) is 0 Å². The summed E-state index contributed by atoms with van der Waals surface area (Å²) in [5.74, 6) is -1.78. The fourth-order valence-electron chi connectivity index (χ4n) is 1.84. The van der Waals surface area contributed by atoms with Gasteiger partial charge in [0.05, 0.1) is 5.02 Å². The van der Waals surface area contributed by atoms with Crippen LogP contribution in [-0.4, -0.2) is 6.36 Å². The SMILES string of the molecule is Fc1cc(C(F)F)c(Cl)cc1-c1ccccc1OC(F)(F)F. The summed E-state index contributed by atoms with van der Waals surface area (Å²) >= 11 is 5.62. The molecule has 0 unspecified atom stereocenters. The predicted octanol–water partition coefficient (Wildman–Crippen LogP) is 5.98. The van der Waals surface area contributed by atoms with Gasteiger partial charge in [0, 0.05) is 16.7 Å². The van der Waals surface area contributed by atoms with Crippen molar-refractivity contribution in [2.75, 3.05) is 0 Å². The van der Waals surface area contributed by atoms with Gasteiger partial charge < -0.3 is 4.74 Å². The largest absolute Gasteiger partial charge is 0.573 e. The Morgan fingerprint density at radius 2 is 1.64 bits per heavy atom. The smallest absolute Gasteiger partial charge is 0.405 e. The zero-order chi connectivity index (χ0) is 16.5. The molecule has 0 saturated carbocycles. The molecule has 0 aliphatic rings. The van der Waals surface area contributed by atoms with Gasteiger partial charge in [0.2, 0.25) is 0 Å². The number of rotatable bonds is 3. The van der Waals surface area contributed by atoms with Crippen molar-refractivity contribution in [2.45, 2.75) is 12.8 Å². The zero-order valence-electron chi connectivity index (χ0n) is 10.6. The molecule has 0 spiro atoms. The van der Waals surface area contributed by atoms with E-state index < -0.39 is 34.9 Å². The monoisotopic (exact) mass is 340 g/mol. The molecule has 0 bridgehead atoms. The van der Waals surface area contributed by atoms with Gasteiger partial charge in [-0.05, 0) is 18.2 Å². The maximum Gasteiger partial charge on any atom is 0.573 e. The van der Waals surface area contributed by atoms with Crippen LogP contribution in [0.2, 0.25) is 5.02 Å². The number of hydrogen-bond donors (Lipinski definition) is 0. The van der Waals surface area contributed by atoms with Crippen LogP contribution in [-0.2, 0) is 0 Å². The van der Waals surface area contributed by atoms with Gasteiger partial charge in [-0.15, -0.1) is 13.2 Å². The summed E-state index contributed by atoms with van der Waals surface area (Å²) in [7, 11) is 0. The van der Waals surface area contributed by atoms with Crippen LogP contribution in [0.5, 0.6) is 5.75 Å². The van der Waals surface area contributed by atoms with Crippen LogP contribution in [0.1, 0.15) is 12.0 Å². The predicted molar refractivity (Wildman–Crippen MR) is 68.5 cm³/mol. The van der Waals surface area contributed by atoms with E-state index in [4.69, 9.17) is 11.6 Å². The van der Waals surface area contributed by atoms with Crippen LogP contribution in [0.3, 0.4) is 0 Å². The summed E-state index contributed by atoms with van der Waals surface area (Å²) < 4.78 is 80.0. The molecule has 8 heteroatoms. The van der Waals surface area contributed by atoms with Crippen molar-refractivity contribution in [3.8, 4) is 16.9 Å². The number of halogens is 7. The van der Waals surface area contributed by atoms with E-state index in [9.17, 15) is 26.3 Å². The van der Waals surface area contributed by atoms with E-state index >= 15 is 0 Å². The van der Waals surface area contributed by atoms with E-state index in [0.29, 0.717) is 6.07 Å². The lowest BCUT2D eigenvalue weighted by molar-refractivity contribution is -0.274. The molecule has 0 heterocycles. The number of hydrogen-bond acceptors (Lipinski definition) is 1. The van der Waals surface area contributed by atoms with Crippen LogP contribution in [0.4, 0.5) is 26.3 Å². The summed E-state index contributed by atoms with van der Waals surface area (Å²) in [6.45, 7) is 0. The fourth-order valence-corrected chi connectivity index (χ4v) is 2.08. The maximum absolute atomic E-state index is 14.0. The zero-order valence-corrected chi connectivity index (χ0v) is 11.4. The molecule has 1 nitrogen and oxygen atoms in total. The van der Waals surface area contributed by atoms with Gasteiger partial charge in [-0.3, -0.25) is 0 Å². The van der Waals surface area contributed by atoms with E-state index in [1.165, 1.54) is 12.1 Å². The van der Waals surface area contributed by atoms with Crippen molar-refractivity contribution in [3.05, 3.63) is 52.8 Å². The Labute approximate surface area is 126 Å². The van der Waals surface area contributed by atoms with Crippen molar-refractivity contribution < 1.29 is 31.1 Å². The minimum Gasteiger partial charge on any atom is -0.405 e. The van der Waals surface area contributed by atoms with Crippen molar-refractivity contribution >= 4 is 11.6 Å². The lowest BCUT2D eigenvalue weighted by Gasteiger charge is -2.14. The van der Waals surface area contributed by atoms with Crippen LogP contribution >= 0.6 is 11.6 Å². The van der Waals surface area contributed by atoms with Crippen LogP contribution in [0.15, 0.2) is 36.4 Å². The molecule has 0 aliphatic heterocycles. The lowest BCUT2D eigenvalue weighted by atomic mass is 10.0. The Balaban J connectivity index is 2.56. The second kappa shape index (κ2) is 6.08. The van der Waals surface area contributed by atoms with Gasteiger partial charge in [0.25, 0.3) is 6.43 Å². The highest BCUT2D eigenvalue weighted by molar-refractivity contribution is 6.31. The molecule has 0 radical (unpaired) electrons. The van der Waals surface area contributed by atoms with Gasteiger partial charge >= 0.3 is 6.36 Å². The van der Waals surface area contributed by atoms with Crippen LogP contribution in [0.25, 0.3) is 11.1 Å². The number of alkyl halides is 5. The molecule has 0 atom stereocenters. The third-order valence-corrected chi connectivity index (χ3v) is 3.05.